The molecule has 1 saturated heterocycles. The molecule has 3 nitrogen and oxygen atoms in total. The summed E-state index contributed by atoms with van der Waals surface area (Å²) < 4.78 is 41.1. The Kier molecular flexibility index (Phi) is 5.63. The number of hydrogen-bond donors (Lipinski definition) is 0. The first-order valence-corrected chi connectivity index (χ1v) is 9.34. The van der Waals surface area contributed by atoms with E-state index in [1.807, 2.05) is 6.92 Å². The Bertz CT molecular complexity index is 589. The lowest BCUT2D eigenvalue weighted by atomic mass is 10.0. The second kappa shape index (κ2) is 7.07. The minimum absolute atomic E-state index is 0.0205. The Hall–Kier alpha value is -0.650. The van der Waals surface area contributed by atoms with Crippen LogP contribution in [0.5, 0.6) is 0 Å². The summed E-state index contributed by atoms with van der Waals surface area (Å²) in [5, 5.41) is 0. The maximum Gasteiger partial charge on any atom is 0.246 e. The van der Waals surface area contributed by atoms with Crippen molar-refractivity contribution in [3.8, 4) is 0 Å². The molecule has 0 bridgehead atoms. The van der Waals surface area contributed by atoms with Gasteiger partial charge in [0.25, 0.3) is 0 Å². The second-order valence-corrected chi connectivity index (χ2v) is 7.58. The van der Waals surface area contributed by atoms with Gasteiger partial charge in [-0.1, -0.05) is 25.8 Å². The van der Waals surface area contributed by atoms with E-state index in [1.54, 1.807) is 0 Å². The van der Waals surface area contributed by atoms with E-state index < -0.39 is 15.8 Å². The number of benzene rings is 1. The minimum Gasteiger partial charge on any atom is -0.207 e. The topological polar surface area (TPSA) is 37.4 Å². The Morgan fingerprint density at radius 3 is 2.81 bits per heavy atom. The molecule has 6 heteroatoms. The monoisotopic (exact) mass is 333 g/mol. The first kappa shape index (κ1) is 16.7. The normalized spacial score (nSPS) is 20.6. The standard InChI is InChI=1S/C15H21ClFNO2S/c1-2-5-13-6-3-4-9-18(13)21(19,20)15-10-12(11-16)7-8-14(15)17/h7-8,10,13H,2-6,9,11H2,1H3. The molecule has 118 valence electrons. The van der Waals surface area contributed by atoms with E-state index in [1.165, 1.54) is 22.5 Å². The quantitative estimate of drug-likeness (QED) is 0.766. The number of sulfonamides is 1. The highest BCUT2D eigenvalue weighted by Crippen LogP contribution is 2.29. The molecule has 0 radical (unpaired) electrons. The van der Waals surface area contributed by atoms with Crippen molar-refractivity contribution in [1.29, 1.82) is 0 Å². The van der Waals surface area contributed by atoms with E-state index in [-0.39, 0.29) is 16.8 Å². The molecule has 21 heavy (non-hydrogen) atoms. The molecule has 0 aromatic heterocycles. The smallest absolute Gasteiger partial charge is 0.207 e. The van der Waals surface area contributed by atoms with Crippen LogP contribution in [0.4, 0.5) is 4.39 Å². The number of nitrogens with zero attached hydrogens (tertiary/aromatic N) is 1. The molecule has 2 rings (SSSR count). The molecule has 0 N–H and O–H groups in total. The number of alkyl halides is 1. The molecule has 1 aromatic carbocycles. The summed E-state index contributed by atoms with van der Waals surface area (Å²) in [6.07, 6.45) is 4.44. The van der Waals surface area contributed by atoms with Crippen LogP contribution in [0.1, 0.15) is 44.6 Å². The number of hydrogen-bond acceptors (Lipinski definition) is 2. The fraction of sp³-hybridized carbons (Fsp3) is 0.600. The third-order valence-corrected chi connectivity index (χ3v) is 6.21. The average molecular weight is 334 g/mol. The van der Waals surface area contributed by atoms with Gasteiger partial charge < -0.3 is 0 Å². The summed E-state index contributed by atoms with van der Waals surface area (Å²) in [5.74, 6) is -0.536. The van der Waals surface area contributed by atoms with Crippen molar-refractivity contribution < 1.29 is 12.8 Å². The van der Waals surface area contributed by atoms with Gasteiger partial charge in [-0.2, -0.15) is 4.31 Å². The van der Waals surface area contributed by atoms with Crippen molar-refractivity contribution >= 4 is 21.6 Å². The van der Waals surface area contributed by atoms with Crippen LogP contribution in [0.2, 0.25) is 0 Å². The van der Waals surface area contributed by atoms with Crippen molar-refractivity contribution in [2.75, 3.05) is 6.54 Å². The van der Waals surface area contributed by atoms with Gasteiger partial charge in [0.2, 0.25) is 10.0 Å². The molecule has 0 spiro atoms. The highest BCUT2D eigenvalue weighted by Gasteiger charge is 2.34. The number of halogens is 2. The van der Waals surface area contributed by atoms with Gasteiger partial charge in [0.15, 0.2) is 0 Å². The maximum absolute atomic E-state index is 14.0. The summed E-state index contributed by atoms with van der Waals surface area (Å²) in [4.78, 5) is -0.247. The van der Waals surface area contributed by atoms with Crippen molar-refractivity contribution in [2.24, 2.45) is 0 Å². The molecule has 0 amide bonds. The number of rotatable bonds is 5. The highest BCUT2D eigenvalue weighted by molar-refractivity contribution is 7.89. The average Bonchev–Trinajstić information content (AvgIpc) is 2.48. The van der Waals surface area contributed by atoms with Crippen LogP contribution in [-0.4, -0.2) is 25.3 Å². The van der Waals surface area contributed by atoms with Gasteiger partial charge in [-0.15, -0.1) is 11.6 Å². The lowest BCUT2D eigenvalue weighted by Gasteiger charge is -2.34. The molecule has 1 unspecified atom stereocenters. The van der Waals surface area contributed by atoms with Gasteiger partial charge in [0, 0.05) is 18.5 Å². The summed E-state index contributed by atoms with van der Waals surface area (Å²) in [6, 6.07) is 4.03. The van der Waals surface area contributed by atoms with Crippen LogP contribution in [0.25, 0.3) is 0 Å². The molecule has 0 aliphatic carbocycles. The summed E-state index contributed by atoms with van der Waals surface area (Å²) in [5.41, 5.74) is 0.612. The lowest BCUT2D eigenvalue weighted by Crippen LogP contribution is -2.43. The van der Waals surface area contributed by atoms with Gasteiger partial charge in [-0.3, -0.25) is 0 Å². The van der Waals surface area contributed by atoms with Gasteiger partial charge in [0.05, 0.1) is 0 Å². The number of piperidine rings is 1. The second-order valence-electron chi connectivity index (χ2n) is 5.45. The highest BCUT2D eigenvalue weighted by atomic mass is 35.5. The Morgan fingerprint density at radius 2 is 2.14 bits per heavy atom. The zero-order valence-corrected chi connectivity index (χ0v) is 13.8. The van der Waals surface area contributed by atoms with Crippen LogP contribution in [0.15, 0.2) is 23.1 Å². The molecule has 1 atom stereocenters. The zero-order valence-electron chi connectivity index (χ0n) is 12.2. The molecule has 1 aromatic rings. The molecule has 1 heterocycles. The van der Waals surface area contributed by atoms with Gasteiger partial charge >= 0.3 is 0 Å². The molecule has 1 aliphatic heterocycles. The summed E-state index contributed by atoms with van der Waals surface area (Å²) in [6.45, 7) is 2.51. The van der Waals surface area contributed by atoms with Crippen molar-refractivity contribution in [1.82, 2.24) is 4.31 Å². The third-order valence-electron chi connectivity index (χ3n) is 3.93. The van der Waals surface area contributed by atoms with E-state index in [0.29, 0.717) is 12.1 Å². The fourth-order valence-corrected chi connectivity index (χ4v) is 4.87. The van der Waals surface area contributed by atoms with Crippen LogP contribution in [0, 0.1) is 5.82 Å². The first-order chi connectivity index (χ1) is 10.0. The van der Waals surface area contributed by atoms with Gasteiger partial charge in [-0.05, 0) is 37.0 Å². The molecule has 1 fully saturated rings. The van der Waals surface area contributed by atoms with Crippen molar-refractivity contribution in [3.05, 3.63) is 29.6 Å². The Labute approximate surface area is 131 Å². The van der Waals surface area contributed by atoms with Gasteiger partial charge in [0.1, 0.15) is 10.7 Å². The molecule has 1 aliphatic rings. The largest absolute Gasteiger partial charge is 0.246 e. The van der Waals surface area contributed by atoms with Crippen molar-refractivity contribution in [2.45, 2.75) is 55.8 Å². The summed E-state index contributed by atoms with van der Waals surface area (Å²) >= 11 is 5.73. The Morgan fingerprint density at radius 1 is 1.38 bits per heavy atom. The fourth-order valence-electron chi connectivity index (χ4n) is 2.87. The maximum atomic E-state index is 14.0. The van der Waals surface area contributed by atoms with Gasteiger partial charge in [-0.25, -0.2) is 12.8 Å². The van der Waals surface area contributed by atoms with E-state index in [9.17, 15) is 12.8 Å². The van der Waals surface area contributed by atoms with Crippen LogP contribution < -0.4 is 0 Å². The molecular weight excluding hydrogens is 313 g/mol. The van der Waals surface area contributed by atoms with E-state index >= 15 is 0 Å². The van der Waals surface area contributed by atoms with Crippen LogP contribution in [0.3, 0.4) is 0 Å². The first-order valence-electron chi connectivity index (χ1n) is 7.37. The predicted octanol–water partition coefficient (Wildman–Crippen LogP) is 3.91. The summed E-state index contributed by atoms with van der Waals surface area (Å²) in [7, 11) is -3.80. The van der Waals surface area contributed by atoms with E-state index in [4.69, 9.17) is 11.6 Å². The molecule has 0 saturated carbocycles. The lowest BCUT2D eigenvalue weighted by molar-refractivity contribution is 0.239. The van der Waals surface area contributed by atoms with Crippen LogP contribution in [-0.2, 0) is 15.9 Å². The third kappa shape index (κ3) is 3.58. The Balaban J connectivity index is 2.40. The SMILES string of the molecule is CCCC1CCCCN1S(=O)(=O)c1cc(CCl)ccc1F. The van der Waals surface area contributed by atoms with Crippen molar-refractivity contribution in [3.63, 3.8) is 0 Å². The molecular formula is C15H21ClFNO2S. The van der Waals surface area contributed by atoms with E-state index in [0.717, 1.165) is 32.1 Å². The predicted molar refractivity (Wildman–Crippen MR) is 82.4 cm³/mol. The van der Waals surface area contributed by atoms with E-state index in [2.05, 4.69) is 0 Å². The minimum atomic E-state index is -3.80. The van der Waals surface area contributed by atoms with Crippen LogP contribution >= 0.6 is 11.6 Å². The zero-order chi connectivity index (χ0) is 15.5.